The van der Waals surface area contributed by atoms with Crippen molar-refractivity contribution in [3.63, 3.8) is 0 Å². The largest absolute Gasteiger partial charge is 0.461 e. The Morgan fingerprint density at radius 2 is 1.78 bits per heavy atom. The van der Waals surface area contributed by atoms with E-state index in [1.807, 2.05) is 26.0 Å². The molecular weight excluding hydrogens is 476 g/mol. The predicted molar refractivity (Wildman–Crippen MR) is 121 cm³/mol. The van der Waals surface area contributed by atoms with Crippen molar-refractivity contribution < 1.29 is 9.53 Å². The molecular formula is C19H30Br2N4O2. The number of esters is 1. The number of carbonyl (C=O) groups excluding carboxylic acids is 1. The topological polar surface area (TPSA) is 48.1 Å². The highest BCUT2D eigenvalue weighted by Gasteiger charge is 2.45. The molecule has 1 atom stereocenters. The molecule has 3 rings (SSSR count). The van der Waals surface area contributed by atoms with Gasteiger partial charge in [0.25, 0.3) is 0 Å². The zero-order valence-corrected chi connectivity index (χ0v) is 19.8. The van der Waals surface area contributed by atoms with Crippen LogP contribution in [0.1, 0.15) is 27.7 Å². The van der Waals surface area contributed by atoms with Gasteiger partial charge in [0.1, 0.15) is 5.70 Å². The second kappa shape index (κ2) is 10.3. The summed E-state index contributed by atoms with van der Waals surface area (Å²) < 4.78 is 5.28. The van der Waals surface area contributed by atoms with Gasteiger partial charge < -0.3 is 19.9 Å². The number of nitrogens with one attached hydrogen (secondary N) is 1. The van der Waals surface area contributed by atoms with Crippen molar-refractivity contribution in [2.45, 2.75) is 34.0 Å². The molecule has 27 heavy (non-hydrogen) atoms. The SMILES string of the molecule is Br.Br.CCOC(=O)C1=C(C)NC2N(CCN(CC)CC)c3ccccc3N12. The Morgan fingerprint density at radius 3 is 2.37 bits per heavy atom. The fourth-order valence-electron chi connectivity index (χ4n) is 3.62. The van der Waals surface area contributed by atoms with E-state index in [0.717, 1.165) is 43.3 Å². The first kappa shape index (κ1) is 23.8. The molecule has 0 saturated heterocycles. The predicted octanol–water partition coefficient (Wildman–Crippen LogP) is 3.49. The Labute approximate surface area is 183 Å². The average molecular weight is 506 g/mol. The first-order valence-electron chi connectivity index (χ1n) is 9.14. The van der Waals surface area contributed by atoms with Crippen molar-refractivity contribution in [2.24, 2.45) is 0 Å². The van der Waals surface area contributed by atoms with Gasteiger partial charge >= 0.3 is 5.97 Å². The highest BCUT2D eigenvalue weighted by atomic mass is 79.9. The Hall–Kier alpha value is -1.25. The number of hydrogen-bond donors (Lipinski definition) is 1. The van der Waals surface area contributed by atoms with Crippen molar-refractivity contribution in [1.82, 2.24) is 10.2 Å². The van der Waals surface area contributed by atoms with E-state index in [4.69, 9.17) is 4.74 Å². The van der Waals surface area contributed by atoms with Gasteiger partial charge in [0.15, 0.2) is 6.29 Å². The standard InChI is InChI=1S/C19H28N4O2.2BrH/c1-5-21(6-2)12-13-22-15-10-8-9-11-16(15)23-17(18(24)25-7-3)14(4)20-19(22)23;;/h8-11,19-20H,5-7,12-13H2,1-4H3;2*1H. The number of carbonyl (C=O) groups is 1. The van der Waals surface area contributed by atoms with Crippen molar-refractivity contribution in [3.8, 4) is 0 Å². The van der Waals surface area contributed by atoms with Crippen LogP contribution in [0.2, 0.25) is 0 Å². The molecule has 0 fully saturated rings. The Bertz CT molecular complexity index is 679. The number of rotatable bonds is 7. The van der Waals surface area contributed by atoms with Crippen molar-refractivity contribution in [3.05, 3.63) is 35.7 Å². The molecule has 0 saturated carbocycles. The molecule has 1 aromatic rings. The lowest BCUT2D eigenvalue weighted by molar-refractivity contribution is -0.138. The molecule has 0 radical (unpaired) electrons. The van der Waals surface area contributed by atoms with E-state index < -0.39 is 0 Å². The Kier molecular flexibility index (Phi) is 9.11. The molecule has 2 aliphatic heterocycles. The molecule has 6 nitrogen and oxygen atoms in total. The molecule has 1 aromatic carbocycles. The maximum atomic E-state index is 12.5. The van der Waals surface area contributed by atoms with Crippen LogP contribution < -0.4 is 15.1 Å². The van der Waals surface area contributed by atoms with Gasteiger partial charge in [-0.3, -0.25) is 4.90 Å². The summed E-state index contributed by atoms with van der Waals surface area (Å²) in [7, 11) is 0. The van der Waals surface area contributed by atoms with Crippen LogP contribution in [0.5, 0.6) is 0 Å². The summed E-state index contributed by atoms with van der Waals surface area (Å²) in [6, 6.07) is 8.25. The highest BCUT2D eigenvalue weighted by molar-refractivity contribution is 8.93. The molecule has 2 heterocycles. The van der Waals surface area contributed by atoms with Crippen LogP contribution in [0, 0.1) is 0 Å². The molecule has 0 aromatic heterocycles. The lowest BCUT2D eigenvalue weighted by atomic mass is 10.2. The smallest absolute Gasteiger partial charge is 0.356 e. The van der Waals surface area contributed by atoms with Crippen LogP contribution >= 0.6 is 34.0 Å². The third kappa shape index (κ3) is 4.43. The number of ether oxygens (including phenoxy) is 1. The van der Waals surface area contributed by atoms with Crippen LogP contribution in [0.15, 0.2) is 35.7 Å². The summed E-state index contributed by atoms with van der Waals surface area (Å²) >= 11 is 0. The third-order valence-corrected chi connectivity index (χ3v) is 4.95. The number of likely N-dealkylation sites (N-methyl/N-ethyl adjacent to an activating group) is 1. The summed E-state index contributed by atoms with van der Waals surface area (Å²) in [5.74, 6) is -0.268. The van der Waals surface area contributed by atoms with E-state index in [9.17, 15) is 4.79 Å². The van der Waals surface area contributed by atoms with Crippen molar-refractivity contribution in [1.29, 1.82) is 0 Å². The second-order valence-corrected chi connectivity index (χ2v) is 6.29. The molecule has 0 spiro atoms. The lowest BCUT2D eigenvalue weighted by Crippen LogP contribution is -2.50. The lowest BCUT2D eigenvalue weighted by Gasteiger charge is -2.30. The van der Waals surface area contributed by atoms with Gasteiger partial charge in [0, 0.05) is 18.8 Å². The molecule has 1 N–H and O–H groups in total. The molecule has 0 bridgehead atoms. The van der Waals surface area contributed by atoms with Gasteiger partial charge in [0.05, 0.1) is 18.0 Å². The van der Waals surface area contributed by atoms with Gasteiger partial charge in [-0.25, -0.2) is 4.79 Å². The second-order valence-electron chi connectivity index (χ2n) is 6.29. The monoisotopic (exact) mass is 504 g/mol. The van der Waals surface area contributed by atoms with Gasteiger partial charge in [-0.05, 0) is 39.1 Å². The van der Waals surface area contributed by atoms with Crippen molar-refractivity contribution >= 4 is 51.3 Å². The average Bonchev–Trinajstić information content (AvgIpc) is 3.10. The van der Waals surface area contributed by atoms with E-state index >= 15 is 0 Å². The molecule has 152 valence electrons. The number of fused-ring (bicyclic) bond motifs is 3. The maximum absolute atomic E-state index is 12.5. The van der Waals surface area contributed by atoms with E-state index in [1.165, 1.54) is 0 Å². The number of hydrogen-bond acceptors (Lipinski definition) is 6. The van der Waals surface area contributed by atoms with Crippen molar-refractivity contribution in [2.75, 3.05) is 42.6 Å². The number of halogens is 2. The highest BCUT2D eigenvalue weighted by Crippen LogP contribution is 2.44. The molecule has 0 amide bonds. The zero-order valence-electron chi connectivity index (χ0n) is 16.4. The number of para-hydroxylation sites is 2. The number of allylic oxidation sites excluding steroid dienone is 1. The Morgan fingerprint density at radius 1 is 1.15 bits per heavy atom. The first-order valence-corrected chi connectivity index (χ1v) is 9.14. The normalized spacial score (nSPS) is 17.1. The van der Waals surface area contributed by atoms with Gasteiger partial charge in [0.2, 0.25) is 0 Å². The van der Waals surface area contributed by atoms with Crippen LogP contribution in [-0.4, -0.2) is 49.9 Å². The van der Waals surface area contributed by atoms with E-state index in [-0.39, 0.29) is 46.2 Å². The molecule has 8 heteroatoms. The maximum Gasteiger partial charge on any atom is 0.356 e. The van der Waals surface area contributed by atoms with E-state index in [1.54, 1.807) is 0 Å². The summed E-state index contributed by atoms with van der Waals surface area (Å²) in [5.41, 5.74) is 3.69. The summed E-state index contributed by atoms with van der Waals surface area (Å²) in [4.78, 5) is 19.3. The van der Waals surface area contributed by atoms with Crippen LogP contribution in [-0.2, 0) is 9.53 Å². The molecule has 1 unspecified atom stereocenters. The van der Waals surface area contributed by atoms with Gasteiger partial charge in [-0.15, -0.1) is 34.0 Å². The summed E-state index contributed by atoms with van der Waals surface area (Å²) in [5, 5.41) is 3.47. The number of benzene rings is 1. The first-order chi connectivity index (χ1) is 12.1. The van der Waals surface area contributed by atoms with E-state index in [0.29, 0.717) is 12.3 Å². The zero-order chi connectivity index (χ0) is 18.0. The minimum Gasteiger partial charge on any atom is -0.461 e. The number of anilines is 2. The number of nitrogens with zero attached hydrogens (tertiary/aromatic N) is 3. The quantitative estimate of drug-likeness (QED) is 0.572. The summed E-state index contributed by atoms with van der Waals surface area (Å²) in [6.07, 6.45) is -0.0626. The fourth-order valence-corrected chi connectivity index (χ4v) is 3.62. The van der Waals surface area contributed by atoms with Gasteiger partial charge in [-0.2, -0.15) is 0 Å². The minimum absolute atomic E-state index is 0. The van der Waals surface area contributed by atoms with Crippen LogP contribution in [0.3, 0.4) is 0 Å². The molecule has 2 aliphatic rings. The van der Waals surface area contributed by atoms with Gasteiger partial charge in [-0.1, -0.05) is 26.0 Å². The third-order valence-electron chi connectivity index (χ3n) is 4.95. The molecule has 0 aliphatic carbocycles. The van der Waals surface area contributed by atoms with Crippen LogP contribution in [0.4, 0.5) is 11.4 Å². The summed E-state index contributed by atoms with van der Waals surface area (Å²) in [6.45, 7) is 12.5. The fraction of sp³-hybridized carbons (Fsp3) is 0.526. The van der Waals surface area contributed by atoms with E-state index in [2.05, 4.69) is 46.0 Å². The Balaban J connectivity index is 0.00000182. The van der Waals surface area contributed by atoms with Crippen LogP contribution in [0.25, 0.3) is 0 Å². The minimum atomic E-state index is -0.268.